The van der Waals surface area contributed by atoms with Gasteiger partial charge in [0.25, 0.3) is 0 Å². The minimum absolute atomic E-state index is 0. The molecule has 6 nitrogen and oxygen atoms in total. The van der Waals surface area contributed by atoms with Crippen molar-refractivity contribution in [1.82, 2.24) is 10.2 Å². The molecular weight excluding hydrogens is 475 g/mol. The van der Waals surface area contributed by atoms with E-state index in [1.807, 2.05) is 12.1 Å². The summed E-state index contributed by atoms with van der Waals surface area (Å²) in [6.45, 7) is 2.35. The quantitative estimate of drug-likeness (QED) is 0.384. The lowest BCUT2D eigenvalue weighted by Crippen LogP contribution is -2.39. The van der Waals surface area contributed by atoms with Crippen LogP contribution in [0.3, 0.4) is 0 Å². The maximum atomic E-state index is 11.5. The summed E-state index contributed by atoms with van der Waals surface area (Å²) >= 11 is 0. The lowest BCUT2D eigenvalue weighted by molar-refractivity contribution is 0.486. The molecule has 1 aliphatic rings. The molecular formula is C19H25IN4O2S. The Morgan fingerprint density at radius 2 is 1.96 bits per heavy atom. The van der Waals surface area contributed by atoms with Gasteiger partial charge in [-0.2, -0.15) is 0 Å². The van der Waals surface area contributed by atoms with E-state index in [4.69, 9.17) is 5.14 Å². The van der Waals surface area contributed by atoms with Crippen molar-refractivity contribution in [2.24, 2.45) is 10.1 Å². The molecule has 3 N–H and O–H groups in total. The number of likely N-dealkylation sites (tertiary alicyclic amines) is 1. The molecule has 1 aliphatic heterocycles. The monoisotopic (exact) mass is 500 g/mol. The van der Waals surface area contributed by atoms with Crippen LogP contribution in [0.4, 0.5) is 0 Å². The standard InChI is InChI=1S/C19H24N4O2S.HI/c1-21-19(22-13-15-6-5-9-18(12-15)26(20,24)25)23-11-10-17(14-23)16-7-3-2-4-8-16;/h2-9,12,17H,10-11,13-14H2,1H3,(H,21,22)(H2,20,24,25);1H. The van der Waals surface area contributed by atoms with Crippen LogP contribution in [0.15, 0.2) is 64.5 Å². The van der Waals surface area contributed by atoms with Gasteiger partial charge in [-0.05, 0) is 29.7 Å². The van der Waals surface area contributed by atoms with Gasteiger partial charge in [0.05, 0.1) is 4.90 Å². The van der Waals surface area contributed by atoms with Gasteiger partial charge in [-0.1, -0.05) is 42.5 Å². The molecule has 2 aromatic rings. The van der Waals surface area contributed by atoms with Crippen molar-refractivity contribution in [3.8, 4) is 0 Å². The van der Waals surface area contributed by atoms with Gasteiger partial charge in [0.1, 0.15) is 0 Å². The highest BCUT2D eigenvalue weighted by Gasteiger charge is 2.25. The molecule has 1 saturated heterocycles. The SMILES string of the molecule is CN=C(NCc1cccc(S(N)(=O)=O)c1)N1CCC(c2ccccc2)C1.I. The number of aliphatic imine (C=N–C) groups is 1. The van der Waals surface area contributed by atoms with Crippen molar-refractivity contribution in [2.45, 2.75) is 23.8 Å². The maximum Gasteiger partial charge on any atom is 0.238 e. The number of hydrogen-bond acceptors (Lipinski definition) is 3. The average molecular weight is 500 g/mol. The molecule has 0 spiro atoms. The number of halogens is 1. The minimum atomic E-state index is -3.69. The lowest BCUT2D eigenvalue weighted by Gasteiger charge is -2.22. The number of rotatable bonds is 4. The van der Waals surface area contributed by atoms with Crippen LogP contribution in [-0.4, -0.2) is 39.4 Å². The van der Waals surface area contributed by atoms with Crippen molar-refractivity contribution in [3.63, 3.8) is 0 Å². The van der Waals surface area contributed by atoms with Crippen molar-refractivity contribution >= 4 is 40.0 Å². The van der Waals surface area contributed by atoms with Crippen molar-refractivity contribution in [2.75, 3.05) is 20.1 Å². The predicted octanol–water partition coefficient (Wildman–Crippen LogP) is 2.52. The van der Waals surface area contributed by atoms with E-state index in [-0.39, 0.29) is 28.9 Å². The van der Waals surface area contributed by atoms with E-state index in [2.05, 4.69) is 39.5 Å². The molecule has 1 fully saturated rings. The van der Waals surface area contributed by atoms with Gasteiger partial charge in [0.15, 0.2) is 5.96 Å². The topological polar surface area (TPSA) is 87.8 Å². The van der Waals surface area contributed by atoms with E-state index >= 15 is 0 Å². The van der Waals surface area contributed by atoms with Crippen LogP contribution in [0.25, 0.3) is 0 Å². The summed E-state index contributed by atoms with van der Waals surface area (Å²) in [7, 11) is -1.93. The second-order valence-corrected chi connectivity index (χ2v) is 8.00. The summed E-state index contributed by atoms with van der Waals surface area (Å²) in [4.78, 5) is 6.73. The third-order valence-corrected chi connectivity index (χ3v) is 5.56. The zero-order chi connectivity index (χ0) is 18.6. The fraction of sp³-hybridized carbons (Fsp3) is 0.316. The Kier molecular flexibility index (Phi) is 7.63. The summed E-state index contributed by atoms with van der Waals surface area (Å²) in [5, 5.41) is 8.52. The summed E-state index contributed by atoms with van der Waals surface area (Å²) < 4.78 is 23.0. The molecule has 0 saturated carbocycles. The number of nitrogens with two attached hydrogens (primary N) is 1. The van der Waals surface area contributed by atoms with Gasteiger partial charge in [-0.3, -0.25) is 4.99 Å². The van der Waals surface area contributed by atoms with E-state index in [1.54, 1.807) is 19.2 Å². The summed E-state index contributed by atoms with van der Waals surface area (Å²) in [6, 6.07) is 17.2. The fourth-order valence-electron chi connectivity index (χ4n) is 3.30. The van der Waals surface area contributed by atoms with E-state index in [1.165, 1.54) is 11.6 Å². The number of guanidine groups is 1. The van der Waals surface area contributed by atoms with Crippen molar-refractivity contribution < 1.29 is 8.42 Å². The largest absolute Gasteiger partial charge is 0.352 e. The van der Waals surface area contributed by atoms with Gasteiger partial charge in [-0.15, -0.1) is 24.0 Å². The smallest absolute Gasteiger partial charge is 0.238 e. The number of primary sulfonamides is 1. The normalized spacial score (nSPS) is 17.5. The van der Waals surface area contributed by atoms with Gasteiger partial charge in [0, 0.05) is 32.6 Å². The molecule has 27 heavy (non-hydrogen) atoms. The summed E-state index contributed by atoms with van der Waals surface area (Å²) in [5.74, 6) is 1.32. The average Bonchev–Trinajstić information content (AvgIpc) is 3.13. The van der Waals surface area contributed by atoms with E-state index in [0.717, 1.165) is 31.0 Å². The first-order valence-electron chi connectivity index (χ1n) is 8.59. The van der Waals surface area contributed by atoms with Crippen molar-refractivity contribution in [1.29, 1.82) is 0 Å². The molecule has 3 rings (SSSR count). The molecule has 1 heterocycles. The van der Waals surface area contributed by atoms with Crippen LogP contribution in [0.5, 0.6) is 0 Å². The Hall–Kier alpha value is -1.65. The molecule has 146 valence electrons. The van der Waals surface area contributed by atoms with Crippen LogP contribution in [0.1, 0.15) is 23.5 Å². The van der Waals surface area contributed by atoms with Gasteiger partial charge >= 0.3 is 0 Å². The molecule has 2 aromatic carbocycles. The minimum Gasteiger partial charge on any atom is -0.352 e. The highest BCUT2D eigenvalue weighted by atomic mass is 127. The van der Waals surface area contributed by atoms with Gasteiger partial charge in [0.2, 0.25) is 10.0 Å². The summed E-state index contributed by atoms with van der Waals surface area (Å²) in [5.41, 5.74) is 2.20. The Morgan fingerprint density at radius 3 is 2.63 bits per heavy atom. The van der Waals surface area contributed by atoms with Crippen LogP contribution in [0, 0.1) is 0 Å². The van der Waals surface area contributed by atoms with E-state index in [9.17, 15) is 8.42 Å². The number of hydrogen-bond donors (Lipinski definition) is 2. The number of sulfonamides is 1. The molecule has 8 heteroatoms. The first-order valence-corrected chi connectivity index (χ1v) is 10.1. The molecule has 0 bridgehead atoms. The van der Waals surface area contributed by atoms with Crippen LogP contribution in [-0.2, 0) is 16.6 Å². The van der Waals surface area contributed by atoms with Crippen LogP contribution >= 0.6 is 24.0 Å². The number of nitrogens with one attached hydrogen (secondary N) is 1. The second kappa shape index (κ2) is 9.52. The highest BCUT2D eigenvalue weighted by molar-refractivity contribution is 14.0. The second-order valence-electron chi connectivity index (χ2n) is 6.44. The molecule has 1 atom stereocenters. The van der Waals surface area contributed by atoms with Crippen LogP contribution in [0.2, 0.25) is 0 Å². The Bertz CT molecular complexity index is 888. The third kappa shape index (κ3) is 5.66. The third-order valence-electron chi connectivity index (χ3n) is 4.65. The Morgan fingerprint density at radius 1 is 1.22 bits per heavy atom. The summed E-state index contributed by atoms with van der Waals surface area (Å²) in [6.07, 6.45) is 1.09. The Balaban J connectivity index is 0.00000261. The first kappa shape index (κ1) is 21.6. The first-order chi connectivity index (χ1) is 12.5. The fourth-order valence-corrected chi connectivity index (χ4v) is 3.88. The molecule has 1 unspecified atom stereocenters. The molecule has 0 amide bonds. The van der Waals surface area contributed by atoms with E-state index in [0.29, 0.717) is 12.5 Å². The highest BCUT2D eigenvalue weighted by Crippen LogP contribution is 2.26. The maximum absolute atomic E-state index is 11.5. The molecule has 0 aromatic heterocycles. The zero-order valence-corrected chi connectivity index (χ0v) is 18.4. The van der Waals surface area contributed by atoms with Crippen molar-refractivity contribution in [3.05, 3.63) is 65.7 Å². The van der Waals surface area contributed by atoms with Gasteiger partial charge in [-0.25, -0.2) is 13.6 Å². The predicted molar refractivity (Wildman–Crippen MR) is 119 cm³/mol. The molecule has 0 aliphatic carbocycles. The van der Waals surface area contributed by atoms with E-state index < -0.39 is 10.0 Å². The number of benzene rings is 2. The Labute approximate surface area is 177 Å². The van der Waals surface area contributed by atoms with Crippen LogP contribution < -0.4 is 10.5 Å². The lowest BCUT2D eigenvalue weighted by atomic mass is 9.99. The number of nitrogens with zero attached hydrogens (tertiary/aromatic N) is 2. The van der Waals surface area contributed by atoms with Gasteiger partial charge < -0.3 is 10.2 Å². The molecule has 0 radical (unpaired) electrons. The zero-order valence-electron chi connectivity index (χ0n) is 15.2.